The molecular weight excluding hydrogens is 342 g/mol. The van der Waals surface area contributed by atoms with Gasteiger partial charge in [-0.25, -0.2) is 0 Å². The molecule has 0 fully saturated rings. The second kappa shape index (κ2) is 6.50. The minimum atomic E-state index is -5.16. The van der Waals surface area contributed by atoms with Crippen molar-refractivity contribution in [2.45, 2.75) is 0 Å². The molecule has 0 unspecified atom stereocenters. The molecule has 0 aliphatic heterocycles. The van der Waals surface area contributed by atoms with Crippen LogP contribution in [0.4, 0.5) is 3.04 Å². The van der Waals surface area contributed by atoms with Crippen LogP contribution in [-0.2, 0) is 0 Å². The Balaban J connectivity index is 0. The van der Waals surface area contributed by atoms with E-state index in [4.69, 9.17) is 0 Å². The van der Waals surface area contributed by atoms with E-state index in [0.29, 0.717) is 0 Å². The summed E-state index contributed by atoms with van der Waals surface area (Å²) in [7, 11) is 0. The van der Waals surface area contributed by atoms with E-state index < -0.39 is 37.1 Å². The fraction of sp³-hybridized carbons (Fsp3) is 0. The molecule has 0 saturated carbocycles. The first-order valence-corrected chi connectivity index (χ1v) is 4.20. The summed E-state index contributed by atoms with van der Waals surface area (Å²) in [4.78, 5) is 0. The fourth-order valence-corrected chi connectivity index (χ4v) is 0. The van der Waals surface area contributed by atoms with Crippen molar-refractivity contribution >= 4 is 0 Å². The van der Waals surface area contributed by atoms with Gasteiger partial charge in [-0.15, -0.1) is 0 Å². The number of hydrogen-bond donors (Lipinski definition) is 0. The number of halogens is 3. The molecule has 0 nitrogen and oxygen atoms in total. The third-order valence-electron chi connectivity index (χ3n) is 0. The second-order valence-electron chi connectivity index (χ2n) is 0.214. The van der Waals surface area contributed by atoms with E-state index in [-0.39, 0.29) is 41.3 Å². The van der Waals surface area contributed by atoms with Crippen molar-refractivity contribution in [2.24, 2.45) is 0 Å². The monoisotopic (exact) mass is 340 g/mol. The summed E-state index contributed by atoms with van der Waals surface area (Å²) >= 11 is -5.16. The molecule has 0 atom stereocenters. The van der Waals surface area contributed by atoms with Gasteiger partial charge < -0.3 is 0 Å². The van der Waals surface area contributed by atoms with Crippen LogP contribution < -0.4 is 0 Å². The molecule has 0 rings (SSSR count). The molecule has 0 N–H and O–H groups in total. The zero-order chi connectivity index (χ0) is 3.58. The van der Waals surface area contributed by atoms with Gasteiger partial charge in [0.15, 0.2) is 0 Å². The van der Waals surface area contributed by atoms with E-state index in [1.54, 1.807) is 0 Å². The molecule has 0 amide bonds. The van der Waals surface area contributed by atoms with Gasteiger partial charge in [0.1, 0.15) is 0 Å². The van der Waals surface area contributed by atoms with Crippen molar-refractivity contribution in [3.63, 3.8) is 0 Å². The maximum atomic E-state index is 9.88. The molecule has 5 heteroatoms. The van der Waals surface area contributed by atoms with Crippen LogP contribution in [0.1, 0.15) is 0 Å². The summed E-state index contributed by atoms with van der Waals surface area (Å²) in [6, 6.07) is 0. The molecule has 0 saturated heterocycles. The van der Waals surface area contributed by atoms with E-state index in [9.17, 15) is 3.04 Å². The van der Waals surface area contributed by atoms with Crippen molar-refractivity contribution in [1.29, 1.82) is 0 Å². The minimum Gasteiger partial charge on any atom is 0 e. The standard InChI is InChI=1S/3FH.Nd.Pr/h3*1H;;/q;;;+3;/p-3. The van der Waals surface area contributed by atoms with Gasteiger partial charge in [-0.2, -0.15) is 0 Å². The Morgan fingerprint density at radius 1 is 1.00 bits per heavy atom. The van der Waals surface area contributed by atoms with E-state index in [1.807, 2.05) is 0 Å². The van der Waals surface area contributed by atoms with Crippen molar-refractivity contribution in [3.05, 3.63) is 0 Å². The average Bonchev–Trinajstić information content (AvgIpc) is 0.811. The third kappa shape index (κ3) is 21.0. The first kappa shape index (κ1) is 10.5. The van der Waals surface area contributed by atoms with Gasteiger partial charge in [-0.1, -0.05) is 0 Å². The van der Waals surface area contributed by atoms with Crippen LogP contribution in [0.2, 0.25) is 0 Å². The van der Waals surface area contributed by atoms with Crippen LogP contribution >= 0.6 is 0 Å². The molecule has 0 bridgehead atoms. The summed E-state index contributed by atoms with van der Waals surface area (Å²) in [6.07, 6.45) is 0. The molecule has 0 spiro atoms. The first-order valence-electron chi connectivity index (χ1n) is 0.567. The summed E-state index contributed by atoms with van der Waals surface area (Å²) in [5.41, 5.74) is 0. The van der Waals surface area contributed by atoms with Gasteiger partial charge >= 0.3 is 40.1 Å². The van der Waals surface area contributed by atoms with Crippen LogP contribution in [-0.4, -0.2) is 0 Å². The molecule has 5 heavy (non-hydrogen) atoms. The van der Waals surface area contributed by atoms with Crippen molar-refractivity contribution < 1.29 is 81.4 Å². The Hall–Kier alpha value is 2.50. The molecule has 0 aliphatic rings. The Morgan fingerprint density at radius 2 is 1.00 bits per heavy atom. The Kier molecular flexibility index (Phi) is 13.6. The van der Waals surface area contributed by atoms with E-state index >= 15 is 0 Å². The Bertz CT molecular complexity index is 11.6. The van der Waals surface area contributed by atoms with Crippen LogP contribution in [0.5, 0.6) is 0 Å². The normalized spacial score (nSPS) is 5.40. The fourth-order valence-electron chi connectivity index (χ4n) is 0. The third-order valence-corrected chi connectivity index (χ3v) is 0. The quantitative estimate of drug-likeness (QED) is 0.622. The largest absolute Gasteiger partial charge is 0 e. The summed E-state index contributed by atoms with van der Waals surface area (Å²) in [5, 5.41) is 0. The second-order valence-corrected chi connectivity index (χ2v) is 1.59. The van der Waals surface area contributed by atoms with Crippen LogP contribution in [0, 0.1) is 78.4 Å². The topological polar surface area (TPSA) is 0 Å². The average molecular weight is 342 g/mol. The maximum absolute atomic E-state index is 9.88. The molecule has 0 aliphatic carbocycles. The zero-order valence-corrected chi connectivity index (χ0v) is 9.12. The van der Waals surface area contributed by atoms with Gasteiger partial charge in [-0.05, 0) is 0 Å². The van der Waals surface area contributed by atoms with Crippen LogP contribution in [0.25, 0.3) is 0 Å². The predicted molar refractivity (Wildman–Crippen MR) is 3.32 cm³/mol. The van der Waals surface area contributed by atoms with Crippen molar-refractivity contribution in [3.8, 4) is 0 Å². The maximum Gasteiger partial charge on any atom is 0 e. The molecule has 0 aromatic heterocycles. The van der Waals surface area contributed by atoms with Crippen LogP contribution in [0.15, 0.2) is 0 Å². The molecule has 28 valence electrons. The van der Waals surface area contributed by atoms with Gasteiger partial charge in [0, 0.05) is 41.3 Å². The van der Waals surface area contributed by atoms with Gasteiger partial charge in [0.05, 0.1) is 0 Å². The first-order chi connectivity index (χ1) is 1.73. The zero-order valence-electron chi connectivity index (χ0n) is 2.21. The van der Waals surface area contributed by atoms with E-state index in [2.05, 4.69) is 0 Å². The van der Waals surface area contributed by atoms with Gasteiger partial charge in [0.2, 0.25) is 0 Å². The molecule has 0 heterocycles. The smallest absolute Gasteiger partial charge is 0 e. The molecule has 0 aromatic carbocycles. The molecule has 0 aromatic rings. The van der Waals surface area contributed by atoms with E-state index in [1.165, 1.54) is 0 Å². The van der Waals surface area contributed by atoms with Crippen LogP contribution in [0.3, 0.4) is 0 Å². The predicted octanol–water partition coefficient (Wildman–Crippen LogP) is 1.26. The van der Waals surface area contributed by atoms with Crippen molar-refractivity contribution in [2.75, 3.05) is 0 Å². The number of rotatable bonds is 0. The van der Waals surface area contributed by atoms with Crippen molar-refractivity contribution in [1.82, 2.24) is 0 Å². The molecular formula is F3NdPr. The Labute approximate surface area is 79.2 Å². The van der Waals surface area contributed by atoms with Gasteiger partial charge in [0.25, 0.3) is 0 Å². The summed E-state index contributed by atoms with van der Waals surface area (Å²) in [6.45, 7) is 0. The summed E-state index contributed by atoms with van der Waals surface area (Å²) in [5.74, 6) is 0. The SMILES string of the molecule is [F][Nd]([F])[F].[Pr]. The Morgan fingerprint density at radius 3 is 1.00 bits per heavy atom. The number of hydrogen-bond acceptors (Lipinski definition) is 0. The molecule has 1 radical (unpaired) electrons. The minimum absolute atomic E-state index is 0. The van der Waals surface area contributed by atoms with Gasteiger partial charge in [-0.3, -0.25) is 0 Å². The summed E-state index contributed by atoms with van der Waals surface area (Å²) < 4.78 is 29.6. The van der Waals surface area contributed by atoms with E-state index in [0.717, 1.165) is 0 Å².